The fourth-order valence-corrected chi connectivity index (χ4v) is 14.9. The van der Waals surface area contributed by atoms with E-state index in [0.29, 0.717) is 61.4 Å². The van der Waals surface area contributed by atoms with Crippen molar-refractivity contribution in [1.82, 2.24) is 39.6 Å². The molecule has 474 valence electrons. The van der Waals surface area contributed by atoms with Crippen molar-refractivity contribution >= 4 is 78.9 Å². The second kappa shape index (κ2) is 26.9. The lowest BCUT2D eigenvalue weighted by Gasteiger charge is -2.42. The Kier molecular flexibility index (Phi) is 18.6. The number of anilines is 2. The van der Waals surface area contributed by atoms with Crippen molar-refractivity contribution in [3.8, 4) is 17.2 Å². The number of sulfonamides is 1. The van der Waals surface area contributed by atoms with Crippen molar-refractivity contribution in [3.05, 3.63) is 146 Å². The molecule has 12 rings (SSSR count). The average Bonchev–Trinajstić information content (AvgIpc) is 1.60. The summed E-state index contributed by atoms with van der Waals surface area (Å²) in [5.74, 6) is -0.554. The van der Waals surface area contributed by atoms with Gasteiger partial charge in [-0.1, -0.05) is 49.2 Å². The number of nitro benzene ring substituents is 1. The van der Waals surface area contributed by atoms with Gasteiger partial charge in [0.15, 0.2) is 0 Å². The first-order valence-corrected chi connectivity index (χ1v) is 33.4. The molecule has 5 aliphatic heterocycles. The molecule has 0 spiro atoms. The van der Waals surface area contributed by atoms with Crippen LogP contribution in [0.25, 0.3) is 16.6 Å². The highest BCUT2D eigenvalue weighted by molar-refractivity contribution is 7.90. The molecule has 1 aliphatic carbocycles. The SMILES string of the molecule is CC1(C)CCC(CN2CCN(c3ccc(C(=O)NS(=O)(=O)c4ccc(NCC5CCN(C6CCN(CCCCOc7cccc8c7CN(C7CCC(=O)NC7=O)C8=O)CC6)CC5)c([N+](=O)[O-])c4)c(Oc4cnc5[nH]ccc5c4)c3)CC2)=C(c2ccc(Cl)cc2)C1. The van der Waals surface area contributed by atoms with Gasteiger partial charge in [-0.25, -0.2) is 18.1 Å². The number of aromatic amines is 1. The number of amides is 4. The van der Waals surface area contributed by atoms with Gasteiger partial charge < -0.3 is 39.4 Å². The summed E-state index contributed by atoms with van der Waals surface area (Å²) >= 11 is 6.28. The minimum atomic E-state index is -4.62. The molecule has 4 saturated heterocycles. The van der Waals surface area contributed by atoms with Gasteiger partial charge in [-0.2, -0.15) is 0 Å². The Morgan fingerprint density at radius 1 is 0.856 bits per heavy atom. The van der Waals surface area contributed by atoms with Gasteiger partial charge in [-0.3, -0.25) is 39.5 Å². The Morgan fingerprint density at radius 3 is 2.41 bits per heavy atom. The number of likely N-dealkylation sites (tertiary alicyclic amines) is 2. The quantitative estimate of drug-likeness (QED) is 0.0227. The number of H-pyrrole nitrogens is 1. The molecule has 1 unspecified atom stereocenters. The van der Waals surface area contributed by atoms with Crippen LogP contribution < -0.4 is 29.7 Å². The number of rotatable bonds is 21. The van der Waals surface area contributed by atoms with Gasteiger partial charge in [0.1, 0.15) is 34.6 Å². The topological polar surface area (TPSA) is 245 Å². The maximum Gasteiger partial charge on any atom is 0.293 e. The van der Waals surface area contributed by atoms with E-state index >= 15 is 0 Å². The largest absolute Gasteiger partial charge is 0.493 e. The number of carbonyl (C=O) groups is 4. The van der Waals surface area contributed by atoms with Crippen molar-refractivity contribution in [2.24, 2.45) is 11.3 Å². The van der Waals surface area contributed by atoms with Crippen LogP contribution in [0.4, 0.5) is 17.1 Å². The highest BCUT2D eigenvalue weighted by atomic mass is 35.5. The number of benzene rings is 4. The number of halogens is 1. The summed E-state index contributed by atoms with van der Waals surface area (Å²) in [7, 11) is -4.62. The number of pyridine rings is 1. The Balaban J connectivity index is 0.612. The molecule has 21 nitrogen and oxygen atoms in total. The molecule has 4 amide bonds. The van der Waals surface area contributed by atoms with Crippen molar-refractivity contribution in [2.45, 2.75) is 108 Å². The molecule has 0 radical (unpaired) electrons. The highest BCUT2D eigenvalue weighted by Crippen LogP contribution is 2.44. The lowest BCUT2D eigenvalue weighted by Crippen LogP contribution is -2.52. The van der Waals surface area contributed by atoms with Gasteiger partial charge in [-0.05, 0) is 180 Å². The monoisotopic (exact) mass is 1260 g/mol. The molecule has 6 aliphatic rings. The normalized spacial score (nSPS) is 19.9. The predicted octanol–water partition coefficient (Wildman–Crippen LogP) is 10.0. The molecule has 1 atom stereocenters. The van der Waals surface area contributed by atoms with Crippen LogP contribution in [0.2, 0.25) is 5.02 Å². The van der Waals surface area contributed by atoms with Crippen molar-refractivity contribution in [1.29, 1.82) is 0 Å². The van der Waals surface area contributed by atoms with E-state index in [9.17, 15) is 37.7 Å². The fraction of sp³-hybridized carbons (Fsp3) is 0.448. The molecular weight excluding hydrogens is 1190 g/mol. The van der Waals surface area contributed by atoms with Gasteiger partial charge in [0.25, 0.3) is 27.5 Å². The number of hydrogen-bond acceptors (Lipinski definition) is 16. The van der Waals surface area contributed by atoms with Crippen LogP contribution in [0.15, 0.2) is 114 Å². The number of piperazine rings is 1. The van der Waals surface area contributed by atoms with Gasteiger partial charge in [-0.15, -0.1) is 0 Å². The molecule has 4 aromatic carbocycles. The number of allylic oxidation sites excluding steroid dienone is 1. The lowest BCUT2D eigenvalue weighted by atomic mass is 9.72. The number of nitro groups is 1. The third kappa shape index (κ3) is 14.3. The average molecular weight is 1260 g/mol. The summed E-state index contributed by atoms with van der Waals surface area (Å²) in [5.41, 5.74) is 6.80. The number of nitrogens with zero attached hydrogens (tertiary/aromatic N) is 7. The first kappa shape index (κ1) is 62.3. The molecule has 7 heterocycles. The zero-order chi connectivity index (χ0) is 62.7. The molecule has 0 bridgehead atoms. The van der Waals surface area contributed by atoms with Crippen LogP contribution >= 0.6 is 11.6 Å². The number of fused-ring (bicyclic) bond motifs is 2. The fourth-order valence-electron chi connectivity index (χ4n) is 13.8. The highest BCUT2D eigenvalue weighted by Gasteiger charge is 2.41. The summed E-state index contributed by atoms with van der Waals surface area (Å²) < 4.78 is 42.8. The minimum absolute atomic E-state index is 0.0469. The number of nitrogens with one attached hydrogen (secondary N) is 4. The summed E-state index contributed by atoms with van der Waals surface area (Å²) in [6, 6.07) is 25.8. The number of ether oxygens (including phenoxy) is 2. The van der Waals surface area contributed by atoms with Gasteiger partial charge in [0, 0.05) is 97.3 Å². The number of unbranched alkanes of at least 4 members (excludes halogenated alkanes) is 1. The van der Waals surface area contributed by atoms with Crippen molar-refractivity contribution in [2.75, 3.05) is 88.8 Å². The second-order valence-corrected chi connectivity index (χ2v) is 27.7. The lowest BCUT2D eigenvalue weighted by molar-refractivity contribution is -0.384. The van der Waals surface area contributed by atoms with Crippen LogP contribution in [0.1, 0.15) is 116 Å². The number of carbonyl (C=O) groups excluding carboxylic acids is 4. The molecule has 0 saturated carbocycles. The zero-order valence-electron chi connectivity index (χ0n) is 51.0. The smallest absolute Gasteiger partial charge is 0.293 e. The van der Waals surface area contributed by atoms with Crippen LogP contribution in [0.3, 0.4) is 0 Å². The Labute approximate surface area is 529 Å². The van der Waals surface area contributed by atoms with E-state index in [1.165, 1.54) is 35.0 Å². The van der Waals surface area contributed by atoms with E-state index in [1.54, 1.807) is 47.5 Å². The summed E-state index contributed by atoms with van der Waals surface area (Å²) in [5, 5.41) is 19.6. The molecule has 2 aromatic heterocycles. The van der Waals surface area contributed by atoms with Crippen LogP contribution in [0.5, 0.6) is 17.2 Å². The van der Waals surface area contributed by atoms with E-state index in [1.807, 2.05) is 24.3 Å². The number of hydrogen-bond donors (Lipinski definition) is 4. The Bertz CT molecular complexity index is 3830. The molecule has 4 N–H and O–H groups in total. The minimum Gasteiger partial charge on any atom is -0.493 e. The molecule has 23 heteroatoms. The van der Waals surface area contributed by atoms with Crippen LogP contribution in [0, 0.1) is 21.4 Å². The molecule has 90 heavy (non-hydrogen) atoms. The Morgan fingerprint density at radius 2 is 1.64 bits per heavy atom. The standard InChI is InChI=1S/C67H78ClN11O10S/c1-67(2)24-18-47(55(39-67)45-8-10-48(68)11-9-45)42-75-31-33-77(34-32-75)50-12-14-54(61(37-50)89-51-36-46-19-25-69-63(46)71-41-51)64(81)73-90(86,87)52-13-15-57(59(38-52)79(84)85)70-40-44-20-29-76(30-21-44)49-22-27-74(28-23-49)26-3-4-35-88-60-7-5-6-53-56(60)43-78(66(53)83)58-16-17-62(80)72-65(58)82/h5-15,19,25,36-38,41,44,49,58,70H,3-4,16-18,20-24,26-35,39-40,42-43H2,1-2H3,(H,69,71)(H,73,81)(H,72,80,82). The summed E-state index contributed by atoms with van der Waals surface area (Å²) in [6.07, 6.45) is 12.8. The van der Waals surface area contributed by atoms with E-state index in [2.05, 4.69) is 70.9 Å². The van der Waals surface area contributed by atoms with Crippen LogP contribution in [-0.4, -0.2) is 157 Å². The predicted molar refractivity (Wildman–Crippen MR) is 344 cm³/mol. The molecular formula is C67H78ClN11O10S. The third-order valence-corrected chi connectivity index (χ3v) is 20.6. The van der Waals surface area contributed by atoms with E-state index in [0.717, 1.165) is 138 Å². The van der Waals surface area contributed by atoms with Gasteiger partial charge >= 0.3 is 0 Å². The van der Waals surface area contributed by atoms with Gasteiger partial charge in [0.2, 0.25) is 11.8 Å². The van der Waals surface area contributed by atoms with E-state index in [-0.39, 0.29) is 53.1 Å². The van der Waals surface area contributed by atoms with E-state index in [4.69, 9.17) is 21.1 Å². The van der Waals surface area contributed by atoms with Gasteiger partial charge in [0.05, 0.1) is 34.7 Å². The number of piperidine rings is 3. The second-order valence-electron chi connectivity index (χ2n) is 25.6. The molecule has 6 aromatic rings. The summed E-state index contributed by atoms with van der Waals surface area (Å²) in [4.78, 5) is 82.0. The van der Waals surface area contributed by atoms with Crippen molar-refractivity contribution in [3.63, 3.8) is 0 Å². The summed E-state index contributed by atoms with van der Waals surface area (Å²) in [6.45, 7) is 14.7. The zero-order valence-corrected chi connectivity index (χ0v) is 52.6. The van der Waals surface area contributed by atoms with Crippen molar-refractivity contribution < 1.29 is 42.0 Å². The maximum atomic E-state index is 14.2. The van der Waals surface area contributed by atoms with Crippen LogP contribution in [-0.2, 0) is 26.2 Å². The number of aromatic nitrogens is 2. The number of imide groups is 1. The first-order valence-electron chi connectivity index (χ1n) is 31.5. The Hall–Kier alpha value is -7.89. The van der Waals surface area contributed by atoms with E-state index < -0.39 is 43.4 Å². The third-order valence-electron chi connectivity index (χ3n) is 19.0. The first-order chi connectivity index (χ1) is 43.4. The maximum absolute atomic E-state index is 14.2. The molecule has 4 fully saturated rings.